The zero-order valence-electron chi connectivity index (χ0n) is 10.2. The summed E-state index contributed by atoms with van der Waals surface area (Å²) in [5.74, 6) is 0.101. The van der Waals surface area contributed by atoms with Gasteiger partial charge in [0.2, 0.25) is 5.91 Å². The number of hydrogen-bond acceptors (Lipinski definition) is 6. The molecule has 100 valence electrons. The number of hydrogen-bond donors (Lipinski definition) is 2. The van der Waals surface area contributed by atoms with Crippen molar-refractivity contribution in [2.45, 2.75) is 6.42 Å². The number of nitrogen functional groups attached to an aromatic ring is 1. The van der Waals surface area contributed by atoms with Gasteiger partial charge < -0.3 is 15.7 Å². The molecule has 1 aromatic heterocycles. The number of nitrogens with zero attached hydrogens (tertiary/aromatic N) is 3. The molecule has 0 bridgehead atoms. The molecule has 0 saturated carbocycles. The average Bonchev–Trinajstić information content (AvgIpc) is 2.76. The SMILES string of the molecule is Nc1nc(CC(=O)N2CCN(CCO)CC2)cs1. The minimum absolute atomic E-state index is 0.101. The number of carbonyl (C=O) groups excluding carboxylic acids is 1. The summed E-state index contributed by atoms with van der Waals surface area (Å²) in [4.78, 5) is 20.1. The zero-order valence-corrected chi connectivity index (χ0v) is 11.0. The molecule has 2 heterocycles. The molecule has 0 unspecified atom stereocenters. The number of amides is 1. The van der Waals surface area contributed by atoms with E-state index in [4.69, 9.17) is 10.8 Å². The van der Waals surface area contributed by atoms with Crippen LogP contribution in [0.25, 0.3) is 0 Å². The van der Waals surface area contributed by atoms with Crippen molar-refractivity contribution in [3.63, 3.8) is 0 Å². The Morgan fingerprint density at radius 3 is 2.72 bits per heavy atom. The highest BCUT2D eigenvalue weighted by molar-refractivity contribution is 7.13. The van der Waals surface area contributed by atoms with Crippen LogP contribution in [0.3, 0.4) is 0 Å². The molecule has 0 aliphatic carbocycles. The summed E-state index contributed by atoms with van der Waals surface area (Å²) in [6, 6.07) is 0. The highest BCUT2D eigenvalue weighted by Crippen LogP contribution is 2.13. The lowest BCUT2D eigenvalue weighted by molar-refractivity contribution is -0.132. The second-order valence-electron chi connectivity index (χ2n) is 4.30. The molecule has 0 spiro atoms. The van der Waals surface area contributed by atoms with Crippen LogP contribution >= 0.6 is 11.3 Å². The van der Waals surface area contributed by atoms with Crippen LogP contribution in [0.1, 0.15) is 5.69 Å². The number of thiazole rings is 1. The summed E-state index contributed by atoms with van der Waals surface area (Å²) in [6.07, 6.45) is 0.327. The zero-order chi connectivity index (χ0) is 13.0. The van der Waals surface area contributed by atoms with E-state index in [0.717, 1.165) is 31.9 Å². The quantitative estimate of drug-likeness (QED) is 0.764. The van der Waals surface area contributed by atoms with E-state index < -0.39 is 0 Å². The van der Waals surface area contributed by atoms with E-state index in [1.807, 2.05) is 10.3 Å². The summed E-state index contributed by atoms with van der Waals surface area (Å²) in [5, 5.41) is 11.2. The highest BCUT2D eigenvalue weighted by atomic mass is 32.1. The molecule has 0 atom stereocenters. The Kier molecular flexibility index (Phi) is 4.51. The Hall–Kier alpha value is -1.18. The molecule has 1 aliphatic heterocycles. The molecule has 7 heteroatoms. The second kappa shape index (κ2) is 6.12. The summed E-state index contributed by atoms with van der Waals surface area (Å²) >= 11 is 1.36. The van der Waals surface area contributed by atoms with Gasteiger partial charge in [0.15, 0.2) is 5.13 Å². The van der Waals surface area contributed by atoms with E-state index in [2.05, 4.69) is 9.88 Å². The molecule has 3 N–H and O–H groups in total. The molecule has 2 rings (SSSR count). The van der Waals surface area contributed by atoms with Crippen LogP contribution in [0.4, 0.5) is 5.13 Å². The van der Waals surface area contributed by atoms with Crippen LogP contribution in [0, 0.1) is 0 Å². The predicted octanol–water partition coefficient (Wildman–Crippen LogP) is -0.596. The molecule has 18 heavy (non-hydrogen) atoms. The first kappa shape index (κ1) is 13.3. The number of carbonyl (C=O) groups is 1. The van der Waals surface area contributed by atoms with E-state index in [9.17, 15) is 4.79 Å². The van der Waals surface area contributed by atoms with Crippen molar-refractivity contribution in [2.75, 3.05) is 45.1 Å². The van der Waals surface area contributed by atoms with Crippen LogP contribution in [0.5, 0.6) is 0 Å². The molecule has 1 amide bonds. The van der Waals surface area contributed by atoms with E-state index in [1.54, 1.807) is 0 Å². The third-order valence-corrected chi connectivity index (χ3v) is 3.77. The molecule has 1 fully saturated rings. The Bertz CT molecular complexity index is 402. The molecule has 0 radical (unpaired) electrons. The number of aliphatic hydroxyl groups is 1. The first-order valence-corrected chi connectivity index (χ1v) is 6.88. The molecule has 1 aliphatic rings. The van der Waals surface area contributed by atoms with E-state index >= 15 is 0 Å². The number of aliphatic hydroxyl groups excluding tert-OH is 1. The maximum atomic E-state index is 12.0. The highest BCUT2D eigenvalue weighted by Gasteiger charge is 2.21. The molecule has 1 saturated heterocycles. The molecule has 6 nitrogen and oxygen atoms in total. The van der Waals surface area contributed by atoms with E-state index in [-0.39, 0.29) is 12.5 Å². The van der Waals surface area contributed by atoms with Crippen LogP contribution in [-0.2, 0) is 11.2 Å². The molecular weight excluding hydrogens is 252 g/mol. The fraction of sp³-hybridized carbons (Fsp3) is 0.636. The smallest absolute Gasteiger partial charge is 0.228 e. The first-order valence-electron chi connectivity index (χ1n) is 6.00. The van der Waals surface area contributed by atoms with Gasteiger partial charge in [-0.1, -0.05) is 0 Å². The van der Waals surface area contributed by atoms with Gasteiger partial charge in [-0.3, -0.25) is 9.69 Å². The normalized spacial score (nSPS) is 17.1. The Morgan fingerprint density at radius 1 is 1.44 bits per heavy atom. The largest absolute Gasteiger partial charge is 0.395 e. The van der Waals surface area contributed by atoms with Gasteiger partial charge in [-0.15, -0.1) is 11.3 Å². The standard InChI is InChI=1S/C11H18N4O2S/c12-11-13-9(8-18-11)7-10(17)15-3-1-14(2-4-15)5-6-16/h8,16H,1-7H2,(H2,12,13). The van der Waals surface area contributed by atoms with Crippen molar-refractivity contribution in [3.8, 4) is 0 Å². The summed E-state index contributed by atoms with van der Waals surface area (Å²) in [5.41, 5.74) is 6.29. The monoisotopic (exact) mass is 270 g/mol. The number of nitrogens with two attached hydrogens (primary N) is 1. The molecule has 0 aromatic carbocycles. The third kappa shape index (κ3) is 3.41. The van der Waals surface area contributed by atoms with E-state index in [1.165, 1.54) is 11.3 Å². The van der Waals surface area contributed by atoms with Crippen molar-refractivity contribution in [3.05, 3.63) is 11.1 Å². The van der Waals surface area contributed by atoms with Crippen LogP contribution < -0.4 is 5.73 Å². The third-order valence-electron chi connectivity index (χ3n) is 3.04. The fourth-order valence-corrected chi connectivity index (χ4v) is 2.60. The van der Waals surface area contributed by atoms with Crippen LogP contribution in [-0.4, -0.2) is 65.1 Å². The number of β-amino-alcohol motifs (C(OH)–C–C–N with tert-alkyl or cyclic N) is 1. The lowest BCUT2D eigenvalue weighted by atomic mass is 10.2. The Morgan fingerprint density at radius 2 is 2.17 bits per heavy atom. The fourth-order valence-electron chi connectivity index (χ4n) is 2.03. The number of piperazine rings is 1. The van der Waals surface area contributed by atoms with Gasteiger partial charge >= 0.3 is 0 Å². The molecule has 1 aromatic rings. The van der Waals surface area contributed by atoms with Crippen molar-refractivity contribution in [2.24, 2.45) is 0 Å². The number of anilines is 1. The maximum Gasteiger partial charge on any atom is 0.228 e. The summed E-state index contributed by atoms with van der Waals surface area (Å²) in [7, 11) is 0. The van der Waals surface area contributed by atoms with Crippen molar-refractivity contribution >= 4 is 22.4 Å². The van der Waals surface area contributed by atoms with Gasteiger partial charge in [0.05, 0.1) is 18.7 Å². The first-order chi connectivity index (χ1) is 8.69. The van der Waals surface area contributed by atoms with Gasteiger partial charge in [-0.2, -0.15) is 0 Å². The van der Waals surface area contributed by atoms with E-state index in [0.29, 0.717) is 18.1 Å². The summed E-state index contributed by atoms with van der Waals surface area (Å²) < 4.78 is 0. The van der Waals surface area contributed by atoms with Crippen molar-refractivity contribution < 1.29 is 9.90 Å². The Balaban J connectivity index is 1.80. The maximum absolute atomic E-state index is 12.0. The van der Waals surface area contributed by atoms with Crippen molar-refractivity contribution in [1.82, 2.24) is 14.8 Å². The second-order valence-corrected chi connectivity index (χ2v) is 5.19. The van der Waals surface area contributed by atoms with Gasteiger partial charge in [0.25, 0.3) is 0 Å². The van der Waals surface area contributed by atoms with Gasteiger partial charge in [0.1, 0.15) is 0 Å². The number of aromatic nitrogens is 1. The minimum atomic E-state index is 0.101. The Labute approximate surface area is 110 Å². The molecular formula is C11H18N4O2S. The lowest BCUT2D eigenvalue weighted by Gasteiger charge is -2.34. The lowest BCUT2D eigenvalue weighted by Crippen LogP contribution is -2.49. The predicted molar refractivity (Wildman–Crippen MR) is 70.3 cm³/mol. The topological polar surface area (TPSA) is 82.7 Å². The van der Waals surface area contributed by atoms with Gasteiger partial charge in [-0.25, -0.2) is 4.98 Å². The average molecular weight is 270 g/mol. The van der Waals surface area contributed by atoms with Gasteiger partial charge in [0, 0.05) is 38.1 Å². The van der Waals surface area contributed by atoms with Crippen LogP contribution in [0.2, 0.25) is 0 Å². The minimum Gasteiger partial charge on any atom is -0.395 e. The van der Waals surface area contributed by atoms with Crippen molar-refractivity contribution in [1.29, 1.82) is 0 Å². The summed E-state index contributed by atoms with van der Waals surface area (Å²) in [6.45, 7) is 3.95. The van der Waals surface area contributed by atoms with Crippen LogP contribution in [0.15, 0.2) is 5.38 Å². The van der Waals surface area contributed by atoms with Gasteiger partial charge in [-0.05, 0) is 0 Å². The number of rotatable bonds is 4.